The number of benzene rings is 1. The predicted molar refractivity (Wildman–Crippen MR) is 75.6 cm³/mol. The lowest BCUT2D eigenvalue weighted by Crippen LogP contribution is -2.21. The molecule has 3 unspecified atom stereocenters. The van der Waals surface area contributed by atoms with Crippen LogP contribution < -0.4 is 5.30 Å². The topological polar surface area (TPSA) is 0 Å². The Labute approximate surface area is 97.5 Å². The Morgan fingerprint density at radius 3 is 2.73 bits per heavy atom. The Balaban J connectivity index is 2.25. The Hall–Kier alpha value is 0.210. The zero-order chi connectivity index (χ0) is 10.7. The van der Waals surface area contributed by atoms with Crippen molar-refractivity contribution in [3.05, 3.63) is 30.3 Å². The molecule has 1 fully saturated rings. The molecule has 0 nitrogen and oxygen atoms in total. The van der Waals surface area contributed by atoms with Gasteiger partial charge in [0.25, 0.3) is 0 Å². The maximum atomic E-state index is 6.67. The standard InChI is InChI=1S/C11H15B2P2/c12-14-9-11-7-4-8-15(11,13)10-5-2-1-3-6-10/h1-3,5-6,11,14H,4,7-9H2/q+1. The average Bonchev–Trinajstić information content (AvgIpc) is 2.64. The van der Waals surface area contributed by atoms with Crippen molar-refractivity contribution in [3.63, 3.8) is 0 Å². The van der Waals surface area contributed by atoms with Crippen LogP contribution in [0.3, 0.4) is 0 Å². The molecule has 0 aromatic heterocycles. The van der Waals surface area contributed by atoms with Gasteiger partial charge in [0, 0.05) is 6.16 Å². The summed E-state index contributed by atoms with van der Waals surface area (Å²) >= 11 is 0. The van der Waals surface area contributed by atoms with Crippen LogP contribution >= 0.6 is 15.6 Å². The minimum absolute atomic E-state index is 0.551. The van der Waals surface area contributed by atoms with E-state index < -0.39 is 7.14 Å². The first kappa shape index (κ1) is 11.7. The predicted octanol–water partition coefficient (Wildman–Crippen LogP) is 2.34. The van der Waals surface area contributed by atoms with E-state index in [-0.39, 0.29) is 0 Å². The van der Waals surface area contributed by atoms with Crippen LogP contribution in [0.2, 0.25) is 0 Å². The van der Waals surface area contributed by atoms with E-state index in [1.54, 1.807) is 0 Å². The zero-order valence-electron chi connectivity index (χ0n) is 8.89. The van der Waals surface area contributed by atoms with Gasteiger partial charge >= 0.3 is 7.57 Å². The first-order valence-electron chi connectivity index (χ1n) is 5.43. The molecule has 0 aliphatic carbocycles. The van der Waals surface area contributed by atoms with E-state index in [1.165, 1.54) is 24.3 Å². The third kappa shape index (κ3) is 2.32. The van der Waals surface area contributed by atoms with Crippen LogP contribution in [0.25, 0.3) is 0 Å². The van der Waals surface area contributed by atoms with Gasteiger partial charge in [-0.05, 0) is 38.3 Å². The molecule has 1 aliphatic heterocycles. The van der Waals surface area contributed by atoms with Crippen molar-refractivity contribution in [2.75, 3.05) is 12.3 Å². The lowest BCUT2D eigenvalue weighted by Gasteiger charge is -2.25. The molecule has 0 N–H and O–H groups in total. The fourth-order valence-corrected chi connectivity index (χ4v) is 7.66. The summed E-state index contributed by atoms with van der Waals surface area (Å²) in [5.41, 5.74) is 0.684. The van der Waals surface area contributed by atoms with Gasteiger partial charge in [-0.25, -0.2) is 0 Å². The van der Waals surface area contributed by atoms with Gasteiger partial charge in [-0.1, -0.05) is 18.2 Å². The lowest BCUT2D eigenvalue weighted by molar-refractivity contribution is 0.842. The molecule has 4 radical (unpaired) electrons. The molecule has 1 aromatic rings. The summed E-state index contributed by atoms with van der Waals surface area (Å²) in [6, 6.07) is 10.7. The molecule has 0 saturated carbocycles. The second-order valence-corrected chi connectivity index (χ2v) is 8.57. The van der Waals surface area contributed by atoms with Gasteiger partial charge in [0.05, 0.1) is 11.0 Å². The van der Waals surface area contributed by atoms with Crippen LogP contribution in [0.4, 0.5) is 0 Å². The van der Waals surface area contributed by atoms with Crippen molar-refractivity contribution in [3.8, 4) is 0 Å². The molecule has 1 saturated heterocycles. The van der Waals surface area contributed by atoms with Crippen molar-refractivity contribution in [2.24, 2.45) is 0 Å². The van der Waals surface area contributed by atoms with Crippen molar-refractivity contribution in [1.82, 2.24) is 0 Å². The lowest BCUT2D eigenvalue weighted by atomic mass is 10.3. The molecule has 1 aliphatic rings. The van der Waals surface area contributed by atoms with Crippen LogP contribution in [-0.4, -0.2) is 33.1 Å². The van der Waals surface area contributed by atoms with Crippen LogP contribution in [0, 0.1) is 0 Å². The molecule has 0 bridgehead atoms. The van der Waals surface area contributed by atoms with E-state index in [4.69, 9.17) is 15.1 Å². The van der Waals surface area contributed by atoms with Crippen LogP contribution in [0.5, 0.6) is 0 Å². The Kier molecular flexibility index (Phi) is 3.92. The summed E-state index contributed by atoms with van der Waals surface area (Å²) in [5, 5.41) is 1.39. The van der Waals surface area contributed by atoms with Gasteiger partial charge in [-0.15, -0.1) is 0 Å². The molecule has 4 heteroatoms. The first-order valence-corrected chi connectivity index (χ1v) is 8.82. The van der Waals surface area contributed by atoms with Crippen LogP contribution in [-0.2, 0) is 0 Å². The monoisotopic (exact) mass is 231 g/mol. The number of hydrogen-bond acceptors (Lipinski definition) is 0. The molecular weight excluding hydrogens is 216 g/mol. The summed E-state index contributed by atoms with van der Waals surface area (Å²) in [5.74, 6) is 0. The summed E-state index contributed by atoms with van der Waals surface area (Å²) in [6.45, 7) is 0. The van der Waals surface area contributed by atoms with E-state index >= 15 is 0 Å². The van der Waals surface area contributed by atoms with E-state index in [2.05, 4.69) is 30.3 Å². The minimum Gasteiger partial charge on any atom is -0.168 e. The molecule has 2 rings (SSSR count). The van der Waals surface area contributed by atoms with Crippen LogP contribution in [0.15, 0.2) is 30.3 Å². The van der Waals surface area contributed by atoms with E-state index in [1.807, 2.05) is 0 Å². The first-order chi connectivity index (χ1) is 7.27. The van der Waals surface area contributed by atoms with Crippen molar-refractivity contribution in [2.45, 2.75) is 18.5 Å². The van der Waals surface area contributed by atoms with E-state index in [9.17, 15) is 0 Å². The molecule has 0 amide bonds. The quantitative estimate of drug-likeness (QED) is 0.553. The van der Waals surface area contributed by atoms with Gasteiger partial charge in [-0.2, -0.15) is 8.46 Å². The average molecular weight is 231 g/mol. The normalized spacial score (nSPS) is 31.3. The summed E-state index contributed by atoms with van der Waals surface area (Å²) in [4.78, 5) is 0. The molecular formula is C11H15B2P2+. The van der Waals surface area contributed by atoms with Crippen molar-refractivity contribution < 1.29 is 0 Å². The second-order valence-electron chi connectivity index (χ2n) is 4.19. The maximum absolute atomic E-state index is 6.67. The van der Waals surface area contributed by atoms with Crippen molar-refractivity contribution >= 4 is 36.0 Å². The molecule has 1 heterocycles. The highest BCUT2D eigenvalue weighted by Gasteiger charge is 2.46. The third-order valence-corrected chi connectivity index (χ3v) is 8.44. The number of hydrogen-bond donors (Lipinski definition) is 0. The van der Waals surface area contributed by atoms with E-state index in [0.717, 1.165) is 6.16 Å². The molecule has 74 valence electrons. The minimum atomic E-state index is -1.37. The smallest absolute Gasteiger partial charge is 0.168 e. The summed E-state index contributed by atoms with van der Waals surface area (Å²) in [6.07, 6.45) is 4.91. The highest BCUT2D eigenvalue weighted by Crippen LogP contribution is 2.64. The zero-order valence-corrected chi connectivity index (χ0v) is 10.8. The highest BCUT2D eigenvalue weighted by molar-refractivity contribution is 8.04. The maximum Gasteiger partial charge on any atom is 0.371 e. The molecule has 15 heavy (non-hydrogen) atoms. The van der Waals surface area contributed by atoms with Gasteiger partial charge in [0.1, 0.15) is 7.57 Å². The molecule has 1 aromatic carbocycles. The Morgan fingerprint density at radius 1 is 1.33 bits per heavy atom. The second kappa shape index (κ2) is 5.03. The molecule has 3 atom stereocenters. The SMILES string of the molecule is [B]PCC1CCC[P+]1([B])c1ccccc1. The fraction of sp³-hybridized carbons (Fsp3) is 0.455. The van der Waals surface area contributed by atoms with Gasteiger partial charge in [-0.3, -0.25) is 0 Å². The van der Waals surface area contributed by atoms with Gasteiger partial charge in [0.15, 0.2) is 0 Å². The van der Waals surface area contributed by atoms with E-state index in [0.29, 0.717) is 14.1 Å². The summed E-state index contributed by atoms with van der Waals surface area (Å²) in [7, 11) is 11.5. The number of rotatable bonds is 3. The third-order valence-electron chi connectivity index (χ3n) is 3.31. The largest absolute Gasteiger partial charge is 0.371 e. The van der Waals surface area contributed by atoms with Gasteiger partial charge < -0.3 is 0 Å². The highest BCUT2D eigenvalue weighted by atomic mass is 31.2. The Bertz CT molecular complexity index is 318. The Morgan fingerprint density at radius 2 is 2.07 bits per heavy atom. The fourth-order valence-electron chi connectivity index (χ4n) is 2.45. The summed E-state index contributed by atoms with van der Waals surface area (Å²) < 4.78 is 0. The van der Waals surface area contributed by atoms with Crippen molar-refractivity contribution in [1.29, 1.82) is 0 Å². The molecule has 0 spiro atoms. The van der Waals surface area contributed by atoms with Gasteiger partial charge in [0.2, 0.25) is 0 Å². The van der Waals surface area contributed by atoms with Crippen LogP contribution in [0.1, 0.15) is 12.8 Å².